The van der Waals surface area contributed by atoms with Crippen molar-refractivity contribution in [2.24, 2.45) is 0 Å². The minimum atomic E-state index is -0.246. The van der Waals surface area contributed by atoms with Crippen LogP contribution in [-0.2, 0) is 16.1 Å². The van der Waals surface area contributed by atoms with Crippen LogP contribution in [0.1, 0.15) is 12.0 Å². The SMILES string of the molecule is COCCC(=O)Nc1cccc(NCc2ccc(F)cc2)c1. The van der Waals surface area contributed by atoms with Gasteiger partial charge in [0.15, 0.2) is 0 Å². The quantitative estimate of drug-likeness (QED) is 0.824. The smallest absolute Gasteiger partial charge is 0.226 e. The maximum Gasteiger partial charge on any atom is 0.226 e. The molecule has 5 heteroatoms. The highest BCUT2D eigenvalue weighted by Gasteiger charge is 2.03. The molecule has 0 heterocycles. The van der Waals surface area contributed by atoms with Crippen LogP contribution in [0, 0.1) is 5.82 Å². The molecule has 1 amide bonds. The van der Waals surface area contributed by atoms with Crippen molar-refractivity contribution in [3.05, 3.63) is 59.9 Å². The van der Waals surface area contributed by atoms with Crippen molar-refractivity contribution in [3.8, 4) is 0 Å². The van der Waals surface area contributed by atoms with E-state index in [1.807, 2.05) is 24.3 Å². The summed E-state index contributed by atoms with van der Waals surface area (Å²) in [6, 6.07) is 13.8. The third kappa shape index (κ3) is 5.18. The van der Waals surface area contributed by atoms with Gasteiger partial charge in [-0.25, -0.2) is 4.39 Å². The van der Waals surface area contributed by atoms with Gasteiger partial charge in [0, 0.05) is 25.0 Å². The Bertz CT molecular complexity index is 614. The van der Waals surface area contributed by atoms with Gasteiger partial charge in [-0.1, -0.05) is 18.2 Å². The molecular formula is C17H19FN2O2. The zero-order chi connectivity index (χ0) is 15.8. The van der Waals surface area contributed by atoms with Crippen molar-refractivity contribution < 1.29 is 13.9 Å². The van der Waals surface area contributed by atoms with Gasteiger partial charge in [0.2, 0.25) is 5.91 Å². The minimum absolute atomic E-state index is 0.0856. The molecule has 0 unspecified atom stereocenters. The van der Waals surface area contributed by atoms with Gasteiger partial charge >= 0.3 is 0 Å². The summed E-state index contributed by atoms with van der Waals surface area (Å²) in [6.07, 6.45) is 0.323. The van der Waals surface area contributed by atoms with E-state index in [9.17, 15) is 9.18 Å². The molecule has 0 aromatic heterocycles. The largest absolute Gasteiger partial charge is 0.384 e. The normalized spacial score (nSPS) is 10.3. The topological polar surface area (TPSA) is 50.4 Å². The van der Waals surface area contributed by atoms with Crippen LogP contribution in [-0.4, -0.2) is 19.6 Å². The summed E-state index contributed by atoms with van der Waals surface area (Å²) in [7, 11) is 1.56. The summed E-state index contributed by atoms with van der Waals surface area (Å²) in [4.78, 5) is 11.6. The first-order valence-electron chi connectivity index (χ1n) is 7.04. The van der Waals surface area contributed by atoms with Crippen molar-refractivity contribution >= 4 is 17.3 Å². The Morgan fingerprint density at radius 3 is 2.59 bits per heavy atom. The van der Waals surface area contributed by atoms with Gasteiger partial charge in [-0.05, 0) is 35.9 Å². The number of carbonyl (C=O) groups excluding carboxylic acids is 1. The Balaban J connectivity index is 1.90. The third-order valence-corrected chi connectivity index (χ3v) is 3.09. The monoisotopic (exact) mass is 302 g/mol. The number of nitrogens with one attached hydrogen (secondary N) is 2. The molecule has 0 atom stereocenters. The first-order chi connectivity index (χ1) is 10.7. The summed E-state index contributed by atoms with van der Waals surface area (Å²) in [6.45, 7) is 0.982. The fraction of sp³-hybridized carbons (Fsp3) is 0.235. The molecular weight excluding hydrogens is 283 g/mol. The van der Waals surface area contributed by atoms with Gasteiger partial charge in [-0.2, -0.15) is 0 Å². The fourth-order valence-corrected chi connectivity index (χ4v) is 1.93. The summed E-state index contributed by atoms with van der Waals surface area (Å²) in [5.41, 5.74) is 2.59. The fourth-order valence-electron chi connectivity index (χ4n) is 1.93. The maximum atomic E-state index is 12.8. The van der Waals surface area contributed by atoms with E-state index in [1.54, 1.807) is 19.2 Å². The second-order valence-corrected chi connectivity index (χ2v) is 4.85. The molecule has 0 saturated heterocycles. The van der Waals surface area contributed by atoms with Crippen LogP contribution in [0.2, 0.25) is 0 Å². The predicted octanol–water partition coefficient (Wildman–Crippen LogP) is 3.41. The second-order valence-electron chi connectivity index (χ2n) is 4.85. The van der Waals surface area contributed by atoms with Crippen molar-refractivity contribution in [2.45, 2.75) is 13.0 Å². The number of hydrogen-bond donors (Lipinski definition) is 2. The highest BCUT2D eigenvalue weighted by Crippen LogP contribution is 2.16. The van der Waals surface area contributed by atoms with Gasteiger partial charge in [-0.15, -0.1) is 0 Å². The summed E-state index contributed by atoms with van der Waals surface area (Å²) >= 11 is 0. The summed E-state index contributed by atoms with van der Waals surface area (Å²) in [5, 5.41) is 6.05. The highest BCUT2D eigenvalue weighted by molar-refractivity contribution is 5.91. The predicted molar refractivity (Wildman–Crippen MR) is 85.3 cm³/mol. The summed E-state index contributed by atoms with van der Waals surface area (Å²) < 4.78 is 17.7. The van der Waals surface area contributed by atoms with Crippen LogP contribution in [0.15, 0.2) is 48.5 Å². The van der Waals surface area contributed by atoms with Crippen molar-refractivity contribution in [2.75, 3.05) is 24.4 Å². The number of anilines is 2. The molecule has 22 heavy (non-hydrogen) atoms. The molecule has 0 radical (unpaired) electrons. The van der Waals surface area contributed by atoms with Gasteiger partial charge in [0.25, 0.3) is 0 Å². The van der Waals surface area contributed by atoms with Crippen molar-refractivity contribution in [3.63, 3.8) is 0 Å². The molecule has 2 aromatic carbocycles. The number of benzene rings is 2. The van der Waals surface area contributed by atoms with E-state index >= 15 is 0 Å². The lowest BCUT2D eigenvalue weighted by Crippen LogP contribution is -2.13. The van der Waals surface area contributed by atoms with Gasteiger partial charge in [0.05, 0.1) is 13.0 Å². The number of ether oxygens (including phenoxy) is 1. The Labute approximate surface area is 129 Å². The maximum absolute atomic E-state index is 12.8. The molecule has 4 nitrogen and oxygen atoms in total. The van der Waals surface area contributed by atoms with Crippen LogP contribution in [0.3, 0.4) is 0 Å². The number of rotatable bonds is 7. The first-order valence-corrected chi connectivity index (χ1v) is 7.04. The van der Waals surface area contributed by atoms with E-state index in [4.69, 9.17) is 4.74 Å². The standard InChI is InChI=1S/C17H19FN2O2/c1-22-10-9-17(21)20-16-4-2-3-15(11-16)19-12-13-5-7-14(18)8-6-13/h2-8,11,19H,9-10,12H2,1H3,(H,20,21). The molecule has 0 aliphatic heterocycles. The van der Waals surface area contributed by atoms with E-state index in [1.165, 1.54) is 12.1 Å². The molecule has 0 aliphatic rings. The van der Waals surface area contributed by atoms with Crippen molar-refractivity contribution in [1.82, 2.24) is 0 Å². The number of carbonyl (C=O) groups is 1. The van der Waals surface area contributed by atoms with Gasteiger partial charge in [-0.3, -0.25) is 4.79 Å². The second kappa shape index (κ2) is 8.14. The van der Waals surface area contributed by atoms with Crippen LogP contribution < -0.4 is 10.6 Å². The molecule has 2 aromatic rings. The Kier molecular flexibility index (Phi) is 5.91. The Morgan fingerprint density at radius 2 is 1.86 bits per heavy atom. The van der Waals surface area contributed by atoms with Crippen LogP contribution in [0.5, 0.6) is 0 Å². The number of hydrogen-bond acceptors (Lipinski definition) is 3. The minimum Gasteiger partial charge on any atom is -0.384 e. The van der Waals surface area contributed by atoms with Crippen LogP contribution in [0.4, 0.5) is 15.8 Å². The van der Waals surface area contributed by atoms with E-state index in [-0.39, 0.29) is 11.7 Å². The molecule has 0 spiro atoms. The highest BCUT2D eigenvalue weighted by atomic mass is 19.1. The lowest BCUT2D eigenvalue weighted by Gasteiger charge is -2.10. The molecule has 2 rings (SSSR count). The Morgan fingerprint density at radius 1 is 1.14 bits per heavy atom. The molecule has 0 saturated carbocycles. The van der Waals surface area contributed by atoms with Crippen LogP contribution >= 0.6 is 0 Å². The molecule has 0 aliphatic carbocycles. The number of halogens is 1. The zero-order valence-corrected chi connectivity index (χ0v) is 12.4. The molecule has 116 valence electrons. The number of methoxy groups -OCH3 is 1. The summed E-state index contributed by atoms with van der Waals surface area (Å²) in [5.74, 6) is -0.331. The Hall–Kier alpha value is -2.40. The first kappa shape index (κ1) is 16.0. The number of amides is 1. The zero-order valence-electron chi connectivity index (χ0n) is 12.4. The van der Waals surface area contributed by atoms with Crippen LogP contribution in [0.25, 0.3) is 0 Å². The molecule has 2 N–H and O–H groups in total. The van der Waals surface area contributed by atoms with Gasteiger partial charge in [0.1, 0.15) is 5.82 Å². The van der Waals surface area contributed by atoms with Gasteiger partial charge < -0.3 is 15.4 Å². The van der Waals surface area contributed by atoms with E-state index < -0.39 is 0 Å². The average Bonchev–Trinajstić information content (AvgIpc) is 2.53. The lowest BCUT2D eigenvalue weighted by molar-refractivity contribution is -0.117. The lowest BCUT2D eigenvalue weighted by atomic mass is 10.2. The molecule has 0 bridgehead atoms. The van der Waals surface area contributed by atoms with E-state index in [0.717, 1.165) is 16.9 Å². The van der Waals surface area contributed by atoms with E-state index in [0.29, 0.717) is 19.6 Å². The molecule has 0 fully saturated rings. The third-order valence-electron chi connectivity index (χ3n) is 3.09. The average molecular weight is 302 g/mol. The van der Waals surface area contributed by atoms with Crippen molar-refractivity contribution in [1.29, 1.82) is 0 Å². The van der Waals surface area contributed by atoms with E-state index in [2.05, 4.69) is 10.6 Å².